The third-order valence-corrected chi connectivity index (χ3v) is 6.35. The Morgan fingerprint density at radius 1 is 1.35 bits per heavy atom. The maximum Gasteiger partial charge on any atom is 0.241 e. The van der Waals surface area contributed by atoms with Gasteiger partial charge in [0.2, 0.25) is 10.0 Å². The van der Waals surface area contributed by atoms with Gasteiger partial charge < -0.3 is 4.74 Å². The smallest absolute Gasteiger partial charge is 0.241 e. The predicted molar refractivity (Wildman–Crippen MR) is 96.6 cm³/mol. The van der Waals surface area contributed by atoms with Crippen molar-refractivity contribution in [1.82, 2.24) is 19.5 Å². The highest BCUT2D eigenvalue weighted by atomic mass is 32.2. The maximum atomic E-state index is 12.9. The minimum Gasteiger partial charge on any atom is -0.490 e. The summed E-state index contributed by atoms with van der Waals surface area (Å²) in [7, 11) is -3.64. The molecule has 1 aromatic heterocycles. The van der Waals surface area contributed by atoms with Crippen molar-refractivity contribution in [2.24, 2.45) is 0 Å². The normalized spacial score (nSPS) is 22.2. The Bertz CT molecular complexity index is 936. The van der Waals surface area contributed by atoms with E-state index in [1.54, 1.807) is 18.2 Å². The van der Waals surface area contributed by atoms with E-state index in [4.69, 9.17) is 4.74 Å². The van der Waals surface area contributed by atoms with Crippen molar-refractivity contribution in [3.05, 3.63) is 35.4 Å². The number of sulfonamides is 1. The molecule has 2 aliphatic heterocycles. The lowest BCUT2D eigenvalue weighted by Crippen LogP contribution is -2.33. The highest BCUT2D eigenvalue weighted by Crippen LogP contribution is 2.32. The molecule has 26 heavy (non-hydrogen) atoms. The molecule has 0 unspecified atom stereocenters. The second-order valence-corrected chi connectivity index (χ2v) is 9.14. The summed E-state index contributed by atoms with van der Waals surface area (Å²) in [5.41, 5.74) is 0.939. The van der Waals surface area contributed by atoms with Crippen LogP contribution in [-0.4, -0.2) is 29.3 Å². The van der Waals surface area contributed by atoms with Gasteiger partial charge in [0.25, 0.3) is 0 Å². The molecule has 3 heterocycles. The van der Waals surface area contributed by atoms with Gasteiger partial charge in [-0.2, -0.15) is 5.10 Å². The first-order valence-corrected chi connectivity index (χ1v) is 10.6. The molecule has 0 bridgehead atoms. The Morgan fingerprint density at radius 3 is 2.92 bits per heavy atom. The van der Waals surface area contributed by atoms with E-state index in [2.05, 4.69) is 14.8 Å². The van der Waals surface area contributed by atoms with Crippen LogP contribution in [0.25, 0.3) is 0 Å². The van der Waals surface area contributed by atoms with Crippen LogP contribution < -0.4 is 9.46 Å². The Morgan fingerprint density at radius 2 is 2.15 bits per heavy atom. The van der Waals surface area contributed by atoms with Crippen LogP contribution in [0, 0.1) is 0 Å². The number of aryl methyl sites for hydroxylation is 1. The van der Waals surface area contributed by atoms with Crippen LogP contribution >= 0.6 is 0 Å². The molecule has 8 heteroatoms. The van der Waals surface area contributed by atoms with Crippen molar-refractivity contribution in [3.63, 3.8) is 0 Å². The molecule has 140 valence electrons. The Kier molecular flexibility index (Phi) is 4.27. The number of ether oxygens (including phenoxy) is 1. The number of rotatable bonds is 4. The van der Waals surface area contributed by atoms with Crippen molar-refractivity contribution < 1.29 is 13.2 Å². The average molecular weight is 376 g/mol. The molecule has 0 spiro atoms. The molecule has 1 aromatic carbocycles. The third kappa shape index (κ3) is 3.12. The van der Waals surface area contributed by atoms with Crippen molar-refractivity contribution >= 4 is 10.0 Å². The number of aromatic nitrogens is 3. The summed E-state index contributed by atoms with van der Waals surface area (Å²) in [5.74, 6) is 2.45. The predicted octanol–water partition coefficient (Wildman–Crippen LogP) is 2.54. The van der Waals surface area contributed by atoms with E-state index < -0.39 is 10.0 Å². The summed E-state index contributed by atoms with van der Waals surface area (Å²) in [4.78, 5) is 4.86. The molecule has 1 N–H and O–H groups in total. The van der Waals surface area contributed by atoms with Crippen LogP contribution in [0.1, 0.15) is 62.8 Å². The summed E-state index contributed by atoms with van der Waals surface area (Å²) in [6.45, 7) is 6.83. The van der Waals surface area contributed by atoms with Crippen molar-refractivity contribution in [2.45, 2.75) is 69.5 Å². The first-order chi connectivity index (χ1) is 12.3. The maximum absolute atomic E-state index is 12.9. The summed E-state index contributed by atoms with van der Waals surface area (Å²) in [6.07, 6.45) is 2.41. The molecule has 0 fully saturated rings. The fraction of sp³-hybridized carbons (Fsp3) is 0.556. The number of benzene rings is 1. The molecular formula is C18H24N4O3S. The van der Waals surface area contributed by atoms with Crippen LogP contribution in [0.2, 0.25) is 0 Å². The lowest BCUT2D eigenvalue weighted by Gasteiger charge is -2.23. The number of hydrogen-bond donors (Lipinski definition) is 1. The molecule has 2 aliphatic rings. The zero-order valence-corrected chi connectivity index (χ0v) is 16.1. The van der Waals surface area contributed by atoms with E-state index in [9.17, 15) is 8.42 Å². The summed E-state index contributed by atoms with van der Waals surface area (Å²) in [6, 6.07) is 4.71. The average Bonchev–Trinajstić information content (AvgIpc) is 3.16. The molecular weight excluding hydrogens is 352 g/mol. The molecule has 0 saturated carbocycles. The molecule has 2 atom stereocenters. The van der Waals surface area contributed by atoms with Gasteiger partial charge in [0.1, 0.15) is 17.7 Å². The largest absolute Gasteiger partial charge is 0.490 e. The van der Waals surface area contributed by atoms with Crippen LogP contribution in [0.15, 0.2) is 23.1 Å². The van der Waals surface area contributed by atoms with Crippen LogP contribution in [-0.2, 0) is 23.0 Å². The first kappa shape index (κ1) is 17.5. The van der Waals surface area contributed by atoms with Crippen LogP contribution in [0.5, 0.6) is 5.75 Å². The summed E-state index contributed by atoms with van der Waals surface area (Å²) in [5, 5.41) is 4.51. The fourth-order valence-corrected chi connectivity index (χ4v) is 4.82. The van der Waals surface area contributed by atoms with Gasteiger partial charge in [-0.15, -0.1) is 0 Å². The monoisotopic (exact) mass is 376 g/mol. The third-order valence-electron chi connectivity index (χ3n) is 4.88. The lowest BCUT2D eigenvalue weighted by atomic mass is 10.1. The number of nitrogens with one attached hydrogen (secondary N) is 1. The van der Waals surface area contributed by atoms with Gasteiger partial charge in [-0.1, -0.05) is 13.8 Å². The van der Waals surface area contributed by atoms with E-state index in [0.717, 1.165) is 42.9 Å². The van der Waals surface area contributed by atoms with Gasteiger partial charge >= 0.3 is 0 Å². The highest BCUT2D eigenvalue weighted by molar-refractivity contribution is 7.89. The summed E-state index contributed by atoms with van der Waals surface area (Å²) < 4.78 is 36.2. The number of nitrogens with zero attached hydrogens (tertiary/aromatic N) is 3. The Hall–Kier alpha value is -1.93. The van der Waals surface area contributed by atoms with E-state index in [0.29, 0.717) is 5.82 Å². The molecule has 0 saturated heterocycles. The van der Waals surface area contributed by atoms with Gasteiger partial charge in [0.15, 0.2) is 5.82 Å². The SMILES string of the molecule is CC(C)c1nc2n(n1)CCC[C@@H]2NS(=O)(=O)c1ccc2c(c1)C[C@@H](C)O2. The molecule has 0 amide bonds. The van der Waals surface area contributed by atoms with Crippen LogP contribution in [0.4, 0.5) is 0 Å². The van der Waals surface area contributed by atoms with Gasteiger partial charge in [0, 0.05) is 18.9 Å². The van der Waals surface area contributed by atoms with Gasteiger partial charge in [0.05, 0.1) is 10.9 Å². The molecule has 2 aromatic rings. The number of fused-ring (bicyclic) bond motifs is 2. The minimum absolute atomic E-state index is 0.0854. The summed E-state index contributed by atoms with van der Waals surface area (Å²) >= 11 is 0. The zero-order valence-electron chi connectivity index (χ0n) is 15.3. The molecule has 7 nitrogen and oxygen atoms in total. The van der Waals surface area contributed by atoms with Gasteiger partial charge in [-0.3, -0.25) is 0 Å². The lowest BCUT2D eigenvalue weighted by molar-refractivity contribution is 0.254. The van der Waals surface area contributed by atoms with E-state index in [1.807, 2.05) is 25.5 Å². The van der Waals surface area contributed by atoms with Gasteiger partial charge in [-0.25, -0.2) is 22.8 Å². The second-order valence-electron chi connectivity index (χ2n) is 7.42. The minimum atomic E-state index is -3.64. The first-order valence-electron chi connectivity index (χ1n) is 9.10. The second kappa shape index (κ2) is 6.35. The van der Waals surface area contributed by atoms with Crippen LogP contribution in [0.3, 0.4) is 0 Å². The van der Waals surface area contributed by atoms with E-state index in [-0.39, 0.29) is 23.0 Å². The Balaban J connectivity index is 1.61. The molecule has 0 radical (unpaired) electrons. The van der Waals surface area contributed by atoms with Crippen molar-refractivity contribution in [1.29, 1.82) is 0 Å². The molecule has 0 aliphatic carbocycles. The Labute approximate surface area is 153 Å². The quantitative estimate of drug-likeness (QED) is 0.886. The van der Waals surface area contributed by atoms with Crippen molar-refractivity contribution in [2.75, 3.05) is 0 Å². The van der Waals surface area contributed by atoms with Gasteiger partial charge in [-0.05, 0) is 43.5 Å². The van der Waals surface area contributed by atoms with E-state index in [1.165, 1.54) is 0 Å². The highest BCUT2D eigenvalue weighted by Gasteiger charge is 2.30. The topological polar surface area (TPSA) is 86.1 Å². The zero-order chi connectivity index (χ0) is 18.5. The standard InChI is InChI=1S/C18H24N4O3S/c1-11(2)17-19-18-15(5-4-8-22(18)20-17)21-26(23,24)14-6-7-16-13(10-14)9-12(3)25-16/h6-7,10-12,15,21H,4-5,8-9H2,1-3H3/t12-,15+/m1/s1. The van der Waals surface area contributed by atoms with Crippen molar-refractivity contribution in [3.8, 4) is 5.75 Å². The number of hydrogen-bond acceptors (Lipinski definition) is 5. The van der Waals surface area contributed by atoms with E-state index >= 15 is 0 Å². The molecule has 4 rings (SSSR count). The fourth-order valence-electron chi connectivity index (χ4n) is 3.55.